The number of benzene rings is 2. The Morgan fingerprint density at radius 3 is 2.32 bits per heavy atom. The van der Waals surface area contributed by atoms with Crippen molar-refractivity contribution in [3.8, 4) is 11.4 Å². The number of nitrogens with one attached hydrogen (secondary N) is 2. The second-order valence-corrected chi connectivity index (χ2v) is 27.5. The van der Waals surface area contributed by atoms with E-state index >= 15 is 0 Å². The summed E-state index contributed by atoms with van der Waals surface area (Å²) in [6, 6.07) is 15.2. The fraction of sp³-hybridized carbons (Fsp3) is 0.484. The van der Waals surface area contributed by atoms with E-state index in [1.807, 2.05) is 24.3 Å². The van der Waals surface area contributed by atoms with Crippen molar-refractivity contribution in [1.29, 1.82) is 0 Å². The molecule has 4 aromatic heterocycles. The van der Waals surface area contributed by atoms with Gasteiger partial charge in [-0.25, -0.2) is 46.1 Å². The molecule has 0 saturated heterocycles. The third kappa shape index (κ3) is 18.8. The Morgan fingerprint density at radius 1 is 0.874 bits per heavy atom. The third-order valence-electron chi connectivity index (χ3n) is 16.2. The first-order valence-electron chi connectivity index (χ1n) is 31.2. The van der Waals surface area contributed by atoms with Crippen molar-refractivity contribution < 1.29 is 74.1 Å². The lowest BCUT2D eigenvalue weighted by Gasteiger charge is -2.35. The third-order valence-corrected chi connectivity index (χ3v) is 18.5. The number of hydrogen-bond donors (Lipinski definition) is 3. The van der Waals surface area contributed by atoms with Crippen LogP contribution in [0.1, 0.15) is 122 Å². The Morgan fingerprint density at radius 2 is 1.61 bits per heavy atom. The van der Waals surface area contributed by atoms with Gasteiger partial charge in [-0.2, -0.15) is 4.31 Å². The van der Waals surface area contributed by atoms with Gasteiger partial charge in [-0.15, -0.1) is 5.10 Å². The first-order valence-corrected chi connectivity index (χ1v) is 34.9. The van der Waals surface area contributed by atoms with Crippen LogP contribution in [0.2, 0.25) is 0 Å². The lowest BCUT2D eigenvalue weighted by Crippen LogP contribution is -2.47. The fourth-order valence-corrected chi connectivity index (χ4v) is 12.9. The number of carbonyl (C=O) groups excluding carboxylic acids is 7. The number of hydrogen-bond acceptors (Lipinski definition) is 23. The molecule has 0 aliphatic carbocycles. The van der Waals surface area contributed by atoms with Crippen LogP contribution in [0, 0.1) is 5.92 Å². The van der Waals surface area contributed by atoms with Crippen LogP contribution < -0.4 is 21.9 Å². The standard InChI is InChI=1S/C64H80N12O17S2/c1-7-64(53-31-55-57-51(36-75(55)60(82)52(53)40-91-61(64)83)49(50-16-8-9-17-54(50)70-57)23-26-76(41(2)3)95(6,87)88)93-63(84)92-37-42-19-21-45(22-20-42)69-58(80)43(14-10-11-24-65)30-48(78)39-90-38-47(77)15-13-28-89-29-27-74-35-46(71-72-74)34-66-56(79)18-12-25-73(4)59(81)44-32-67-62(68-33-44)94(5,85)86/h8-9,16-17,19-22,31-33,35,41,43H,7,10-15,18,23-30,34,36-40,65H2,1-6H3,(H,66,79)(H,69,80)/t43-,64+/m1/s1. The van der Waals surface area contributed by atoms with Gasteiger partial charge in [-0.05, 0) is 94.3 Å². The van der Waals surface area contributed by atoms with E-state index in [4.69, 9.17) is 34.4 Å². The number of carbonyl (C=O) groups is 7. The van der Waals surface area contributed by atoms with Gasteiger partial charge >= 0.3 is 12.1 Å². The second kappa shape index (κ2) is 32.6. The molecule has 3 amide bonds. The number of anilines is 1. The SMILES string of the molecule is CC[C@@]1(OC(=O)OCc2ccc(NC(=O)[C@H](CCCCN)CC(=O)COCC(=O)CCCOCCn3cc(CNC(=O)CCCN(C)C(=O)c4cnc(S(C)(=O)=O)nc4)nn3)cc2)C(=O)OCc2c1cc1n(c2=O)Cc2c-1nc1ccccc1c2CCN(C(C)C)S(C)(=O)=O. The van der Waals surface area contributed by atoms with Crippen molar-refractivity contribution in [3.05, 3.63) is 123 Å². The summed E-state index contributed by atoms with van der Waals surface area (Å²) in [6.45, 7) is 5.89. The molecule has 510 valence electrons. The summed E-state index contributed by atoms with van der Waals surface area (Å²) >= 11 is 0. The van der Waals surface area contributed by atoms with E-state index in [1.54, 1.807) is 69.0 Å². The van der Waals surface area contributed by atoms with Crippen LogP contribution in [-0.4, -0.2) is 174 Å². The number of rotatable bonds is 36. The zero-order valence-electron chi connectivity index (χ0n) is 54.0. The summed E-state index contributed by atoms with van der Waals surface area (Å²) in [4.78, 5) is 120. The molecule has 0 fully saturated rings. The Kier molecular flexibility index (Phi) is 24.7. The molecule has 2 aliphatic rings. The van der Waals surface area contributed by atoms with Crippen LogP contribution in [0.25, 0.3) is 22.3 Å². The van der Waals surface area contributed by atoms with Crippen LogP contribution in [0.4, 0.5) is 10.5 Å². The number of ether oxygens (including phenoxy) is 5. The Hall–Kier alpha value is -8.75. The number of sulfone groups is 1. The topological polar surface area (TPSA) is 382 Å². The molecule has 2 aromatic carbocycles. The molecule has 8 rings (SSSR count). The van der Waals surface area contributed by atoms with Gasteiger partial charge in [0.15, 0.2) is 11.6 Å². The molecule has 0 spiro atoms. The molecule has 29 nitrogen and oxygen atoms in total. The summed E-state index contributed by atoms with van der Waals surface area (Å²) in [6.07, 6.45) is 7.57. The minimum atomic E-state index is -3.61. The Bertz CT molecular complexity index is 4090. The highest BCUT2D eigenvalue weighted by molar-refractivity contribution is 7.90. The van der Waals surface area contributed by atoms with Crippen molar-refractivity contribution in [1.82, 2.24) is 49.0 Å². The van der Waals surface area contributed by atoms with E-state index in [1.165, 1.54) is 20.0 Å². The summed E-state index contributed by atoms with van der Waals surface area (Å²) in [5, 5.41) is 14.2. The van der Waals surface area contributed by atoms with Crippen LogP contribution in [0.3, 0.4) is 0 Å². The normalized spacial score (nSPS) is 14.6. The minimum Gasteiger partial charge on any atom is -0.457 e. The molecule has 0 radical (unpaired) electrons. The first kappa shape index (κ1) is 72.1. The zero-order valence-corrected chi connectivity index (χ0v) is 55.6. The quantitative estimate of drug-likeness (QED) is 0.0279. The summed E-state index contributed by atoms with van der Waals surface area (Å²) in [5.41, 5.74) is 8.06. The average molecular weight is 1350 g/mol. The summed E-state index contributed by atoms with van der Waals surface area (Å²) < 4.78 is 81.2. The largest absolute Gasteiger partial charge is 0.510 e. The van der Waals surface area contributed by atoms with E-state index in [0.29, 0.717) is 85.5 Å². The molecule has 0 unspecified atom stereocenters. The molecule has 95 heavy (non-hydrogen) atoms. The van der Waals surface area contributed by atoms with E-state index in [-0.39, 0.29) is 137 Å². The molecular weight excluding hydrogens is 1270 g/mol. The lowest BCUT2D eigenvalue weighted by molar-refractivity contribution is -0.175. The van der Waals surface area contributed by atoms with Gasteiger partial charge in [0.1, 0.15) is 32.1 Å². The van der Waals surface area contributed by atoms with E-state index in [2.05, 4.69) is 30.9 Å². The van der Waals surface area contributed by atoms with Crippen molar-refractivity contribution in [2.24, 2.45) is 11.7 Å². The Balaban J connectivity index is 0.742. The number of pyridine rings is 2. The number of para-hydroxylation sites is 1. The van der Waals surface area contributed by atoms with E-state index in [0.717, 1.165) is 35.2 Å². The number of cyclic esters (lactones) is 1. The van der Waals surface area contributed by atoms with E-state index < -0.39 is 60.9 Å². The predicted octanol–water partition coefficient (Wildman–Crippen LogP) is 4.33. The number of nitrogens with zero attached hydrogens (tertiary/aromatic N) is 9. The highest BCUT2D eigenvalue weighted by Crippen LogP contribution is 2.42. The second-order valence-electron chi connectivity index (χ2n) is 23.6. The summed E-state index contributed by atoms with van der Waals surface area (Å²) in [7, 11) is -5.60. The molecule has 0 bridgehead atoms. The van der Waals surface area contributed by atoms with Crippen molar-refractivity contribution in [3.63, 3.8) is 0 Å². The fourth-order valence-electron chi connectivity index (χ4n) is 11.2. The van der Waals surface area contributed by atoms with Crippen LogP contribution in [-0.2, 0) is 112 Å². The number of sulfonamides is 1. The molecule has 4 N–H and O–H groups in total. The van der Waals surface area contributed by atoms with Crippen molar-refractivity contribution >= 4 is 77.9 Å². The smallest absolute Gasteiger partial charge is 0.457 e. The van der Waals surface area contributed by atoms with Gasteiger partial charge in [-0.3, -0.25) is 28.8 Å². The van der Waals surface area contributed by atoms with E-state index in [9.17, 15) is 55.2 Å². The molecule has 2 atom stereocenters. The first-order chi connectivity index (χ1) is 45.3. The van der Waals surface area contributed by atoms with Gasteiger partial charge in [0.25, 0.3) is 11.5 Å². The number of amides is 3. The monoisotopic (exact) mass is 1350 g/mol. The van der Waals surface area contributed by atoms with Gasteiger partial charge in [0.05, 0.1) is 66.7 Å². The van der Waals surface area contributed by atoms with Gasteiger partial charge in [0, 0.05) is 98.8 Å². The minimum absolute atomic E-state index is 0.116. The maximum atomic E-state index is 14.4. The Labute approximate surface area is 549 Å². The number of esters is 1. The molecule has 6 heterocycles. The molecule has 0 saturated carbocycles. The number of ketones is 2. The van der Waals surface area contributed by atoms with Crippen molar-refractivity contribution in [2.75, 3.05) is 70.9 Å². The molecule has 6 aromatic rings. The number of fused-ring (bicyclic) bond motifs is 5. The van der Waals surface area contributed by atoms with Crippen LogP contribution >= 0.6 is 0 Å². The molecule has 2 aliphatic heterocycles. The number of aromatic nitrogens is 7. The van der Waals surface area contributed by atoms with Gasteiger partial charge in [-0.1, -0.05) is 48.9 Å². The maximum absolute atomic E-state index is 14.4. The number of Topliss-reactive ketones (excluding diaryl/α,β-unsaturated/α-hetero) is 2. The summed E-state index contributed by atoms with van der Waals surface area (Å²) in [5.74, 6) is -3.31. The predicted molar refractivity (Wildman–Crippen MR) is 344 cm³/mol. The lowest BCUT2D eigenvalue weighted by atomic mass is 9.85. The zero-order chi connectivity index (χ0) is 68.6. The molecule has 31 heteroatoms. The number of nitrogens with two attached hydrogens (primary N) is 1. The van der Waals surface area contributed by atoms with Gasteiger partial charge < -0.3 is 49.5 Å². The van der Waals surface area contributed by atoms with Crippen LogP contribution in [0.15, 0.2) is 83.1 Å². The highest BCUT2D eigenvalue weighted by atomic mass is 32.2. The van der Waals surface area contributed by atoms with Gasteiger partial charge in [0.2, 0.25) is 42.4 Å². The maximum Gasteiger partial charge on any atom is 0.510 e. The molecular formula is C64H80N12O17S2. The average Bonchev–Trinajstić information content (AvgIpc) is 1.64. The highest BCUT2D eigenvalue weighted by Gasteiger charge is 2.51. The van der Waals surface area contributed by atoms with Crippen LogP contribution in [0.5, 0.6) is 0 Å². The number of unbranched alkanes of at least 4 members (excludes halogenated alkanes) is 1. The van der Waals surface area contributed by atoms with Crippen molar-refractivity contribution in [2.45, 2.75) is 135 Å².